The minimum atomic E-state index is -2.09. The zero-order valence-corrected chi connectivity index (χ0v) is 24.1. The van der Waals surface area contributed by atoms with Gasteiger partial charge in [0.05, 0.1) is 34.5 Å². The Morgan fingerprint density at radius 3 is 0.929 bits per heavy atom. The maximum atomic E-state index is 11.8. The molecule has 0 aliphatic rings. The average Bonchev–Trinajstić information content (AvgIpc) is 2.46. The highest BCUT2D eigenvalue weighted by atomic mass is 31.2. The molecule has 0 amide bonds. The van der Waals surface area contributed by atoms with E-state index in [9.17, 15) is 18.3 Å². The van der Waals surface area contributed by atoms with Crippen molar-refractivity contribution in [2.24, 2.45) is 0 Å². The molecule has 1 unspecified atom stereocenters. The first kappa shape index (κ1) is 33.6. The Hall–Kier alpha value is 0.920. The third-order valence-corrected chi connectivity index (χ3v) is 12.9. The minimum Gasteiger partial charge on any atom is -0.324 e. The van der Waals surface area contributed by atoms with Gasteiger partial charge in [0, 0.05) is 18.5 Å². The van der Waals surface area contributed by atoms with Crippen molar-refractivity contribution in [3.8, 4) is 0 Å². The largest absolute Gasteiger partial charge is 0.324 e. The molecule has 0 aromatic carbocycles. The minimum absolute atomic E-state index is 0.444. The summed E-state index contributed by atoms with van der Waals surface area (Å²) in [5.74, 6) is 0.444. The van der Waals surface area contributed by atoms with Crippen LogP contribution in [0.25, 0.3) is 0 Å². The molecule has 0 rings (SSSR count). The van der Waals surface area contributed by atoms with E-state index in [1.165, 1.54) is 0 Å². The molecule has 0 fully saturated rings. The molecule has 0 aliphatic heterocycles. The van der Waals surface area contributed by atoms with E-state index in [2.05, 4.69) is 20.8 Å². The van der Waals surface area contributed by atoms with Crippen molar-refractivity contribution >= 4 is 28.6 Å². The smallest absolute Gasteiger partial charge is 0.0918 e. The molecule has 4 nitrogen and oxygen atoms in total. The fourth-order valence-electron chi connectivity index (χ4n) is 2.36. The van der Waals surface area contributed by atoms with Gasteiger partial charge in [0.25, 0.3) is 0 Å². The van der Waals surface area contributed by atoms with Crippen LogP contribution in [0.4, 0.5) is 0 Å². The SMILES string of the molecule is CCCCP(C)(=O)CP(C)(C)=O.CCCCP(C)(C)=O.CCCCP(C)(C)=O. The van der Waals surface area contributed by atoms with Gasteiger partial charge < -0.3 is 18.3 Å². The lowest BCUT2D eigenvalue weighted by Crippen LogP contribution is -1.94. The summed E-state index contributed by atoms with van der Waals surface area (Å²) in [5, 5.41) is 0. The summed E-state index contributed by atoms with van der Waals surface area (Å²) in [6.45, 7) is 18.9. The van der Waals surface area contributed by atoms with Crippen LogP contribution < -0.4 is 0 Å². The van der Waals surface area contributed by atoms with E-state index in [-0.39, 0.29) is 0 Å². The van der Waals surface area contributed by atoms with E-state index in [1.54, 1.807) is 20.0 Å². The molecule has 8 heteroatoms. The lowest BCUT2D eigenvalue weighted by molar-refractivity contribution is 0.573. The van der Waals surface area contributed by atoms with Gasteiger partial charge in [-0.2, -0.15) is 0 Å². The fraction of sp³-hybridized carbons (Fsp3) is 1.00. The van der Waals surface area contributed by atoms with Crippen LogP contribution in [0, 0.1) is 0 Å². The van der Waals surface area contributed by atoms with E-state index >= 15 is 0 Å². The maximum Gasteiger partial charge on any atom is 0.0918 e. The van der Waals surface area contributed by atoms with Gasteiger partial charge in [0.2, 0.25) is 0 Å². The van der Waals surface area contributed by atoms with Crippen molar-refractivity contribution in [3.05, 3.63) is 0 Å². The molecule has 0 aliphatic carbocycles. The van der Waals surface area contributed by atoms with Crippen LogP contribution in [-0.4, -0.2) is 71.0 Å². The standard InChI is InChI=1S/C8H20O2P2.2C6H15OP/c1-5-6-7-12(4,10)8-11(2,3)9;2*1-4-5-6-8(2,3)7/h5-8H2,1-4H3;2*4-6H2,1-3H3. The molecular weight excluding hydrogens is 428 g/mol. The lowest BCUT2D eigenvalue weighted by Gasteiger charge is -2.14. The molecule has 0 radical (unpaired) electrons. The van der Waals surface area contributed by atoms with Gasteiger partial charge in [0.15, 0.2) is 0 Å². The molecule has 0 bridgehead atoms. The molecule has 0 heterocycles. The van der Waals surface area contributed by atoms with Gasteiger partial charge in [0.1, 0.15) is 0 Å². The molecular formula is C20H50O4P4. The quantitative estimate of drug-likeness (QED) is 0.281. The molecule has 0 spiro atoms. The Balaban J connectivity index is -0.000000347. The molecule has 0 aromatic heterocycles. The van der Waals surface area contributed by atoms with E-state index in [4.69, 9.17) is 0 Å². The van der Waals surface area contributed by atoms with Crippen molar-refractivity contribution in [3.63, 3.8) is 0 Å². The zero-order valence-electron chi connectivity index (χ0n) is 20.5. The number of unbranched alkanes of at least 4 members (excludes halogenated alkanes) is 3. The first-order valence-electron chi connectivity index (χ1n) is 10.6. The van der Waals surface area contributed by atoms with Crippen molar-refractivity contribution < 1.29 is 18.3 Å². The summed E-state index contributed by atoms with van der Waals surface area (Å²) in [6, 6.07) is 0. The lowest BCUT2D eigenvalue weighted by atomic mass is 10.4. The molecule has 28 heavy (non-hydrogen) atoms. The van der Waals surface area contributed by atoms with E-state index in [0.717, 1.165) is 57.0 Å². The second kappa shape index (κ2) is 16.6. The predicted octanol–water partition coefficient (Wildman–Crippen LogP) is 8.18. The van der Waals surface area contributed by atoms with Gasteiger partial charge >= 0.3 is 0 Å². The average molecular weight is 479 g/mol. The second-order valence-corrected chi connectivity index (χ2v) is 23.9. The topological polar surface area (TPSA) is 68.3 Å². The van der Waals surface area contributed by atoms with Gasteiger partial charge in [-0.25, -0.2) is 0 Å². The van der Waals surface area contributed by atoms with Crippen LogP contribution >= 0.6 is 28.6 Å². The molecule has 1 atom stereocenters. The maximum absolute atomic E-state index is 11.8. The zero-order chi connectivity index (χ0) is 23.1. The highest BCUT2D eigenvalue weighted by molar-refractivity contribution is 7.79. The molecule has 0 saturated carbocycles. The van der Waals surface area contributed by atoms with Crippen LogP contribution in [-0.2, 0) is 18.3 Å². The Bertz CT molecular complexity index is 529. The Labute approximate surface area is 177 Å². The third-order valence-electron chi connectivity index (χ3n) is 3.72. The summed E-state index contributed by atoms with van der Waals surface area (Å²) in [7, 11) is -7.55. The molecule has 0 saturated heterocycles. The number of hydrogen-bond acceptors (Lipinski definition) is 4. The summed E-state index contributed by atoms with van der Waals surface area (Å²) in [5.41, 5.74) is 0. The van der Waals surface area contributed by atoms with Crippen molar-refractivity contribution in [1.82, 2.24) is 0 Å². The summed E-state index contributed by atoms with van der Waals surface area (Å²) < 4.78 is 45.2. The Morgan fingerprint density at radius 1 is 0.464 bits per heavy atom. The highest BCUT2D eigenvalue weighted by Crippen LogP contribution is 2.55. The van der Waals surface area contributed by atoms with Crippen LogP contribution in [0.5, 0.6) is 0 Å². The van der Waals surface area contributed by atoms with Crippen molar-refractivity contribution in [2.45, 2.75) is 59.3 Å². The van der Waals surface area contributed by atoms with Crippen molar-refractivity contribution in [1.29, 1.82) is 0 Å². The van der Waals surface area contributed by atoms with Crippen LogP contribution in [0.1, 0.15) is 59.3 Å². The summed E-state index contributed by atoms with van der Waals surface area (Å²) in [4.78, 5) is 0. The molecule has 174 valence electrons. The van der Waals surface area contributed by atoms with E-state index in [0.29, 0.717) is 5.90 Å². The summed E-state index contributed by atoms with van der Waals surface area (Å²) in [6.07, 6.45) is 9.21. The highest BCUT2D eigenvalue weighted by Gasteiger charge is 2.21. The Morgan fingerprint density at radius 2 is 0.750 bits per heavy atom. The first-order chi connectivity index (χ1) is 12.4. The van der Waals surface area contributed by atoms with E-state index in [1.807, 2.05) is 26.7 Å². The Kier molecular flexibility index (Phi) is 19.9. The van der Waals surface area contributed by atoms with Gasteiger partial charge in [-0.3, -0.25) is 0 Å². The van der Waals surface area contributed by atoms with Gasteiger partial charge in [-0.15, -0.1) is 0 Å². The second-order valence-electron chi connectivity index (χ2n) is 9.39. The summed E-state index contributed by atoms with van der Waals surface area (Å²) >= 11 is 0. The number of hydrogen-bond donors (Lipinski definition) is 0. The van der Waals surface area contributed by atoms with Crippen LogP contribution in [0.3, 0.4) is 0 Å². The fourth-order valence-corrected chi connectivity index (χ4v) is 11.8. The van der Waals surface area contributed by atoms with E-state index < -0.39 is 28.6 Å². The first-order valence-corrected chi connectivity index (χ1v) is 21.4. The van der Waals surface area contributed by atoms with Crippen LogP contribution in [0.15, 0.2) is 0 Å². The number of rotatable bonds is 11. The van der Waals surface area contributed by atoms with Gasteiger partial charge in [-0.1, -0.05) is 40.0 Å². The van der Waals surface area contributed by atoms with Crippen molar-refractivity contribution in [2.75, 3.05) is 71.0 Å². The predicted molar refractivity (Wildman–Crippen MR) is 136 cm³/mol. The molecule has 0 aromatic rings. The third kappa shape index (κ3) is 37.6. The molecule has 0 N–H and O–H groups in total. The monoisotopic (exact) mass is 478 g/mol. The van der Waals surface area contributed by atoms with Crippen LogP contribution in [0.2, 0.25) is 0 Å². The van der Waals surface area contributed by atoms with Gasteiger partial charge in [-0.05, 0) is 65.9 Å². The normalized spacial score (nSPS) is 14.2.